The first-order valence-corrected chi connectivity index (χ1v) is 10.2. The number of thioether (sulfide) groups is 1. The van der Waals surface area contributed by atoms with Crippen molar-refractivity contribution in [3.05, 3.63) is 34.1 Å². The Balaban J connectivity index is 2.01. The van der Waals surface area contributed by atoms with E-state index in [1.54, 1.807) is 28.5 Å². The number of benzene rings is 1. The summed E-state index contributed by atoms with van der Waals surface area (Å²) in [6, 6.07) is 2.51. The number of pyridine rings is 1. The van der Waals surface area contributed by atoms with Crippen LogP contribution in [0.25, 0.3) is 10.9 Å². The van der Waals surface area contributed by atoms with E-state index in [4.69, 9.17) is 14.2 Å². The molecule has 0 fully saturated rings. The molecule has 150 valence electrons. The van der Waals surface area contributed by atoms with Gasteiger partial charge >= 0.3 is 5.97 Å². The van der Waals surface area contributed by atoms with Crippen molar-refractivity contribution in [2.75, 3.05) is 25.9 Å². The maximum absolute atomic E-state index is 13.0. The molecule has 1 aromatic carbocycles. The summed E-state index contributed by atoms with van der Waals surface area (Å²) in [4.78, 5) is 37.8. The van der Waals surface area contributed by atoms with Crippen LogP contribution in [0.2, 0.25) is 0 Å². The van der Waals surface area contributed by atoms with Crippen LogP contribution in [0.15, 0.2) is 23.1 Å². The van der Waals surface area contributed by atoms with Crippen LogP contribution in [-0.4, -0.2) is 48.4 Å². The molecule has 1 aliphatic rings. The van der Waals surface area contributed by atoms with Crippen LogP contribution in [0.1, 0.15) is 23.7 Å². The number of nitrogens with zero attached hydrogens (tertiary/aromatic N) is 1. The zero-order valence-corrected chi connectivity index (χ0v) is 16.8. The van der Waals surface area contributed by atoms with E-state index in [0.717, 1.165) is 0 Å². The second kappa shape index (κ2) is 8.55. The molecule has 1 N–H and O–H groups in total. The maximum Gasteiger partial charge on any atom is 0.328 e. The van der Waals surface area contributed by atoms with Gasteiger partial charge in [-0.1, -0.05) is 0 Å². The number of carbonyl (C=O) groups is 2. The van der Waals surface area contributed by atoms with Gasteiger partial charge in [-0.25, -0.2) is 4.79 Å². The van der Waals surface area contributed by atoms with E-state index < -0.39 is 23.3 Å². The molecule has 1 aliphatic heterocycles. The lowest BCUT2D eigenvalue weighted by molar-refractivity contribution is -0.142. The highest BCUT2D eigenvalue weighted by Gasteiger charge is 2.25. The van der Waals surface area contributed by atoms with Crippen molar-refractivity contribution in [1.29, 1.82) is 0 Å². The molecule has 0 aliphatic carbocycles. The first kappa shape index (κ1) is 20.1. The Morgan fingerprint density at radius 3 is 2.68 bits per heavy atom. The Labute approximate surface area is 166 Å². The number of ether oxygens (including phenoxy) is 3. The number of hydrogen-bond donors (Lipinski definition) is 1. The molecular formula is C19H22N2O6S. The number of aromatic nitrogens is 1. The summed E-state index contributed by atoms with van der Waals surface area (Å²) in [7, 11) is 1.27. The molecule has 0 spiro atoms. The van der Waals surface area contributed by atoms with E-state index in [1.807, 2.05) is 13.2 Å². The molecule has 1 amide bonds. The van der Waals surface area contributed by atoms with Crippen molar-refractivity contribution in [1.82, 2.24) is 9.88 Å². The summed E-state index contributed by atoms with van der Waals surface area (Å²) in [5.74, 6) is 0.553. The molecular weight excluding hydrogens is 384 g/mol. The van der Waals surface area contributed by atoms with Gasteiger partial charge in [0.1, 0.15) is 11.6 Å². The van der Waals surface area contributed by atoms with E-state index in [0.29, 0.717) is 41.1 Å². The van der Waals surface area contributed by atoms with Gasteiger partial charge < -0.3 is 24.1 Å². The van der Waals surface area contributed by atoms with E-state index >= 15 is 0 Å². The molecule has 0 saturated heterocycles. The number of hydrogen-bond acceptors (Lipinski definition) is 7. The molecule has 0 bridgehead atoms. The summed E-state index contributed by atoms with van der Waals surface area (Å²) in [5.41, 5.74) is 0.190. The van der Waals surface area contributed by atoms with Gasteiger partial charge in [0.2, 0.25) is 12.2 Å². The molecule has 2 heterocycles. The third-order valence-corrected chi connectivity index (χ3v) is 5.21. The monoisotopic (exact) mass is 406 g/mol. The number of nitrogens with one attached hydrogen (secondary N) is 1. The molecule has 8 nitrogen and oxygen atoms in total. The van der Waals surface area contributed by atoms with E-state index in [2.05, 4.69) is 5.32 Å². The van der Waals surface area contributed by atoms with Crippen molar-refractivity contribution in [3.63, 3.8) is 0 Å². The summed E-state index contributed by atoms with van der Waals surface area (Å²) in [5, 5.41) is 2.99. The second-order valence-electron chi connectivity index (χ2n) is 6.21. The van der Waals surface area contributed by atoms with Gasteiger partial charge in [0.15, 0.2) is 11.5 Å². The molecule has 0 radical (unpaired) electrons. The van der Waals surface area contributed by atoms with Crippen LogP contribution in [-0.2, 0) is 16.1 Å². The lowest BCUT2D eigenvalue weighted by atomic mass is 10.1. The fourth-order valence-corrected chi connectivity index (χ4v) is 3.54. The molecule has 9 heteroatoms. The summed E-state index contributed by atoms with van der Waals surface area (Å²) in [6.07, 6.45) is 3.82. The zero-order chi connectivity index (χ0) is 20.3. The lowest BCUT2D eigenvalue weighted by Gasteiger charge is -2.17. The predicted molar refractivity (Wildman–Crippen MR) is 106 cm³/mol. The zero-order valence-electron chi connectivity index (χ0n) is 15.9. The quantitative estimate of drug-likeness (QED) is 0.700. The molecule has 1 atom stereocenters. The van der Waals surface area contributed by atoms with Gasteiger partial charge in [-0.3, -0.25) is 9.59 Å². The molecule has 28 heavy (non-hydrogen) atoms. The Bertz CT molecular complexity index is 971. The highest BCUT2D eigenvalue weighted by Crippen LogP contribution is 2.35. The van der Waals surface area contributed by atoms with Gasteiger partial charge in [0.25, 0.3) is 5.91 Å². The highest BCUT2D eigenvalue weighted by molar-refractivity contribution is 7.98. The van der Waals surface area contributed by atoms with Gasteiger partial charge in [-0.15, -0.1) is 0 Å². The number of carbonyl (C=O) groups excluding carboxylic acids is 2. The topological polar surface area (TPSA) is 95.9 Å². The average Bonchev–Trinajstić information content (AvgIpc) is 3.17. The number of fused-ring (bicyclic) bond motifs is 2. The highest BCUT2D eigenvalue weighted by atomic mass is 32.2. The van der Waals surface area contributed by atoms with Crippen LogP contribution in [0.3, 0.4) is 0 Å². The normalized spacial score (nSPS) is 13.4. The molecule has 0 unspecified atom stereocenters. The minimum atomic E-state index is -0.813. The largest absolute Gasteiger partial charge is 0.467 e. The molecule has 1 aromatic heterocycles. The van der Waals surface area contributed by atoms with Crippen molar-refractivity contribution in [2.24, 2.45) is 0 Å². The van der Waals surface area contributed by atoms with Crippen LogP contribution in [0, 0.1) is 0 Å². The van der Waals surface area contributed by atoms with Crippen molar-refractivity contribution in [3.8, 4) is 11.5 Å². The van der Waals surface area contributed by atoms with Gasteiger partial charge in [-0.2, -0.15) is 11.8 Å². The van der Waals surface area contributed by atoms with E-state index in [9.17, 15) is 14.4 Å². The minimum Gasteiger partial charge on any atom is -0.467 e. The van der Waals surface area contributed by atoms with Gasteiger partial charge in [0, 0.05) is 18.8 Å². The fraction of sp³-hybridized carbons (Fsp3) is 0.421. The number of aryl methyl sites for hydroxylation is 1. The second-order valence-corrected chi connectivity index (χ2v) is 7.20. The third kappa shape index (κ3) is 3.80. The van der Waals surface area contributed by atoms with Crippen molar-refractivity contribution >= 4 is 34.5 Å². The molecule has 0 saturated carbocycles. The number of rotatable bonds is 7. The van der Waals surface area contributed by atoms with E-state index in [1.165, 1.54) is 13.3 Å². The average molecular weight is 406 g/mol. The number of methoxy groups -OCH3 is 1. The first-order chi connectivity index (χ1) is 13.5. The SMILES string of the molecule is CCn1cc(C(=O)N[C@@H](CCSC)C(=O)OC)c(=O)c2cc3c(cc21)OCO3. The third-order valence-electron chi connectivity index (χ3n) is 4.56. The maximum atomic E-state index is 13.0. The van der Waals surface area contributed by atoms with Crippen LogP contribution >= 0.6 is 11.8 Å². The Hall–Kier alpha value is -2.68. The first-order valence-electron chi connectivity index (χ1n) is 8.84. The summed E-state index contributed by atoms with van der Waals surface area (Å²) >= 11 is 1.55. The smallest absolute Gasteiger partial charge is 0.328 e. The number of amides is 1. The predicted octanol–water partition coefficient (Wildman–Crippen LogP) is 1.77. The Morgan fingerprint density at radius 2 is 2.04 bits per heavy atom. The lowest BCUT2D eigenvalue weighted by Crippen LogP contribution is -2.43. The molecule has 2 aromatic rings. The van der Waals surface area contributed by atoms with Crippen LogP contribution in [0.5, 0.6) is 11.5 Å². The molecule has 3 rings (SSSR count). The van der Waals surface area contributed by atoms with E-state index in [-0.39, 0.29) is 12.4 Å². The standard InChI is InChI=1S/C19H22N2O6S/c1-4-21-9-12(18(23)20-13(5-6-28-3)19(24)25-2)17(22)11-7-15-16(8-14(11)21)27-10-26-15/h7-9,13H,4-6,10H2,1-3H3,(H,20,23)/t13-/m0/s1. The van der Waals surface area contributed by atoms with Gasteiger partial charge in [-0.05, 0) is 31.4 Å². The Kier molecular flexibility index (Phi) is 6.13. The summed E-state index contributed by atoms with van der Waals surface area (Å²) in [6.45, 7) is 2.55. The van der Waals surface area contributed by atoms with Crippen LogP contribution < -0.4 is 20.2 Å². The van der Waals surface area contributed by atoms with Crippen molar-refractivity contribution < 1.29 is 23.8 Å². The fourth-order valence-electron chi connectivity index (χ4n) is 3.07. The minimum absolute atomic E-state index is 0.0359. The van der Waals surface area contributed by atoms with Crippen LogP contribution in [0.4, 0.5) is 0 Å². The number of esters is 1. The van der Waals surface area contributed by atoms with Gasteiger partial charge in [0.05, 0.1) is 18.0 Å². The Morgan fingerprint density at radius 1 is 1.32 bits per heavy atom. The summed E-state index contributed by atoms with van der Waals surface area (Å²) < 4.78 is 17.3. The van der Waals surface area contributed by atoms with Crippen molar-refractivity contribution in [2.45, 2.75) is 25.9 Å².